The van der Waals surface area contributed by atoms with Crippen molar-refractivity contribution >= 4 is 16.8 Å². The number of hydrogen-bond donors (Lipinski definition) is 2. The minimum Gasteiger partial charge on any atom is -0.493 e. The molecule has 4 rings (SSSR count). The predicted octanol–water partition coefficient (Wildman–Crippen LogP) is 3.92. The van der Waals surface area contributed by atoms with Crippen molar-refractivity contribution < 1.29 is 14.3 Å². The number of para-hydroxylation sites is 2. The normalized spacial score (nSPS) is 14.6. The second-order valence-corrected chi connectivity index (χ2v) is 8.02. The van der Waals surface area contributed by atoms with Crippen LogP contribution in [0.25, 0.3) is 10.9 Å². The van der Waals surface area contributed by atoms with Gasteiger partial charge in [0.25, 0.3) is 0 Å². The number of aromatic nitrogens is 1. The molecule has 0 radical (unpaired) electrons. The van der Waals surface area contributed by atoms with Crippen LogP contribution in [0.15, 0.2) is 48.7 Å². The number of amides is 1. The summed E-state index contributed by atoms with van der Waals surface area (Å²) in [6.45, 7) is 3.93. The molecule has 1 amide bonds. The molecule has 31 heavy (non-hydrogen) atoms. The Labute approximate surface area is 183 Å². The van der Waals surface area contributed by atoms with E-state index in [4.69, 9.17) is 9.47 Å². The minimum atomic E-state index is -0.0823. The molecular formula is C25H31N3O3. The highest BCUT2D eigenvalue weighted by Gasteiger charge is 2.29. The maximum Gasteiger partial charge on any atom is 0.234 e. The molecule has 1 unspecified atom stereocenters. The largest absolute Gasteiger partial charge is 0.493 e. The van der Waals surface area contributed by atoms with Crippen molar-refractivity contribution in [3.05, 3.63) is 59.8 Å². The monoisotopic (exact) mass is 421 g/mol. The van der Waals surface area contributed by atoms with Crippen LogP contribution in [-0.2, 0) is 4.79 Å². The quantitative estimate of drug-likeness (QED) is 0.521. The molecule has 3 aromatic rings. The number of H-pyrrole nitrogens is 1. The maximum atomic E-state index is 12.8. The zero-order valence-electron chi connectivity index (χ0n) is 18.5. The van der Waals surface area contributed by atoms with Crippen molar-refractivity contribution in [2.75, 3.05) is 33.9 Å². The number of carbonyl (C=O) groups is 1. The molecule has 1 aromatic heterocycles. The van der Waals surface area contributed by atoms with Crippen LogP contribution in [0, 0.1) is 0 Å². The van der Waals surface area contributed by atoms with E-state index in [1.807, 2.05) is 36.5 Å². The van der Waals surface area contributed by atoms with Gasteiger partial charge >= 0.3 is 0 Å². The number of aromatic amines is 1. The lowest BCUT2D eigenvalue weighted by Crippen LogP contribution is -2.39. The molecule has 6 nitrogen and oxygen atoms in total. The van der Waals surface area contributed by atoms with E-state index in [9.17, 15) is 4.79 Å². The summed E-state index contributed by atoms with van der Waals surface area (Å²) in [5.41, 5.74) is 3.18. The Morgan fingerprint density at radius 2 is 1.94 bits per heavy atom. The summed E-state index contributed by atoms with van der Waals surface area (Å²) in [6, 6.07) is 14.7. The summed E-state index contributed by atoms with van der Waals surface area (Å²) in [5, 5.41) is 4.32. The van der Waals surface area contributed by atoms with Gasteiger partial charge in [0, 0.05) is 41.2 Å². The van der Waals surface area contributed by atoms with Gasteiger partial charge in [0.1, 0.15) is 0 Å². The molecule has 1 heterocycles. The topological polar surface area (TPSA) is 66.6 Å². The Morgan fingerprint density at radius 3 is 2.65 bits per heavy atom. The van der Waals surface area contributed by atoms with E-state index in [0.29, 0.717) is 30.6 Å². The lowest BCUT2D eigenvalue weighted by Gasteiger charge is -2.23. The third-order valence-corrected chi connectivity index (χ3v) is 6.12. The van der Waals surface area contributed by atoms with Crippen LogP contribution in [0.1, 0.15) is 36.8 Å². The number of nitrogens with one attached hydrogen (secondary N) is 2. The van der Waals surface area contributed by atoms with E-state index in [1.54, 1.807) is 14.2 Å². The van der Waals surface area contributed by atoms with E-state index < -0.39 is 0 Å². The van der Waals surface area contributed by atoms with Crippen LogP contribution < -0.4 is 14.8 Å². The first-order valence-corrected chi connectivity index (χ1v) is 10.9. The Bertz CT molecular complexity index is 1040. The lowest BCUT2D eigenvalue weighted by molar-refractivity contribution is -0.122. The fourth-order valence-electron chi connectivity index (χ4n) is 4.35. The second kappa shape index (κ2) is 9.43. The average Bonchev–Trinajstić information content (AvgIpc) is 3.57. The molecule has 1 aliphatic rings. The highest BCUT2D eigenvalue weighted by molar-refractivity contribution is 5.85. The van der Waals surface area contributed by atoms with Gasteiger partial charge in [0.2, 0.25) is 5.91 Å². The van der Waals surface area contributed by atoms with E-state index in [1.165, 1.54) is 12.8 Å². The van der Waals surface area contributed by atoms with Gasteiger partial charge in [-0.25, -0.2) is 0 Å². The Hall–Kier alpha value is -2.99. The van der Waals surface area contributed by atoms with Crippen LogP contribution in [-0.4, -0.2) is 55.7 Å². The second-order valence-electron chi connectivity index (χ2n) is 8.02. The number of benzene rings is 2. The molecule has 0 aliphatic heterocycles. The van der Waals surface area contributed by atoms with Crippen molar-refractivity contribution in [3.63, 3.8) is 0 Å². The molecule has 1 fully saturated rings. The standard InChI is InChI=1S/C25H31N3O3/c1-4-28(17-12-13-17)16-24(29)27-15-21(19-9-7-11-23(30-2)25(19)31-3)20-14-26-22-10-6-5-8-18(20)22/h5-11,14,17,21,26H,4,12-13,15-16H2,1-3H3,(H,27,29). The van der Waals surface area contributed by atoms with E-state index in [2.05, 4.69) is 34.3 Å². The summed E-state index contributed by atoms with van der Waals surface area (Å²) in [7, 11) is 3.29. The van der Waals surface area contributed by atoms with Crippen LogP contribution in [0.2, 0.25) is 0 Å². The molecule has 2 N–H and O–H groups in total. The molecule has 0 spiro atoms. The summed E-state index contributed by atoms with van der Waals surface area (Å²) in [4.78, 5) is 18.4. The first-order valence-electron chi connectivity index (χ1n) is 10.9. The molecule has 6 heteroatoms. The summed E-state index contributed by atoms with van der Waals surface area (Å²) in [5.74, 6) is 1.35. The van der Waals surface area contributed by atoms with Crippen LogP contribution >= 0.6 is 0 Å². The molecule has 0 saturated heterocycles. The first-order chi connectivity index (χ1) is 15.2. The van der Waals surface area contributed by atoms with E-state index >= 15 is 0 Å². The third-order valence-electron chi connectivity index (χ3n) is 6.12. The third kappa shape index (κ3) is 4.54. The van der Waals surface area contributed by atoms with Crippen LogP contribution in [0.4, 0.5) is 0 Å². The number of hydrogen-bond acceptors (Lipinski definition) is 4. The number of fused-ring (bicyclic) bond motifs is 1. The summed E-state index contributed by atoms with van der Waals surface area (Å²) < 4.78 is 11.3. The predicted molar refractivity (Wildman–Crippen MR) is 123 cm³/mol. The fraction of sp³-hybridized carbons (Fsp3) is 0.400. The van der Waals surface area contributed by atoms with Crippen molar-refractivity contribution in [3.8, 4) is 11.5 Å². The summed E-state index contributed by atoms with van der Waals surface area (Å²) in [6.07, 6.45) is 4.42. The first kappa shape index (κ1) is 21.2. The van der Waals surface area contributed by atoms with Gasteiger partial charge in [-0.15, -0.1) is 0 Å². The van der Waals surface area contributed by atoms with E-state index in [0.717, 1.165) is 28.6 Å². The zero-order chi connectivity index (χ0) is 21.8. The van der Waals surface area contributed by atoms with Gasteiger partial charge in [-0.3, -0.25) is 9.69 Å². The van der Waals surface area contributed by atoms with Crippen molar-refractivity contribution in [1.82, 2.24) is 15.2 Å². The Kier molecular flexibility index (Phi) is 6.47. The van der Waals surface area contributed by atoms with Gasteiger partial charge in [-0.05, 0) is 37.1 Å². The number of carbonyl (C=O) groups excluding carboxylic acids is 1. The molecular weight excluding hydrogens is 390 g/mol. The molecule has 2 aromatic carbocycles. The minimum absolute atomic E-state index is 0.0560. The highest BCUT2D eigenvalue weighted by Crippen LogP contribution is 2.40. The van der Waals surface area contributed by atoms with Gasteiger partial charge in [0.15, 0.2) is 11.5 Å². The van der Waals surface area contributed by atoms with Gasteiger partial charge in [-0.1, -0.05) is 37.3 Å². The zero-order valence-corrected chi connectivity index (χ0v) is 18.5. The maximum absolute atomic E-state index is 12.8. The number of nitrogens with zero attached hydrogens (tertiary/aromatic N) is 1. The van der Waals surface area contributed by atoms with Crippen molar-refractivity contribution in [2.45, 2.75) is 31.7 Å². The lowest BCUT2D eigenvalue weighted by atomic mass is 9.90. The van der Waals surface area contributed by atoms with Gasteiger partial charge < -0.3 is 19.8 Å². The summed E-state index contributed by atoms with van der Waals surface area (Å²) >= 11 is 0. The van der Waals surface area contributed by atoms with Crippen LogP contribution in [0.5, 0.6) is 11.5 Å². The number of methoxy groups -OCH3 is 2. The number of likely N-dealkylation sites (N-methyl/N-ethyl adjacent to an activating group) is 1. The number of rotatable bonds is 10. The van der Waals surface area contributed by atoms with Gasteiger partial charge in [0.05, 0.1) is 20.8 Å². The number of ether oxygens (including phenoxy) is 2. The molecule has 1 aliphatic carbocycles. The molecule has 164 valence electrons. The average molecular weight is 422 g/mol. The highest BCUT2D eigenvalue weighted by atomic mass is 16.5. The smallest absolute Gasteiger partial charge is 0.234 e. The van der Waals surface area contributed by atoms with Crippen molar-refractivity contribution in [2.24, 2.45) is 0 Å². The SMILES string of the molecule is CCN(CC(=O)NCC(c1cccc(OC)c1OC)c1c[nH]c2ccccc12)C1CC1. The van der Waals surface area contributed by atoms with E-state index in [-0.39, 0.29) is 11.8 Å². The van der Waals surface area contributed by atoms with Crippen molar-refractivity contribution in [1.29, 1.82) is 0 Å². The molecule has 1 saturated carbocycles. The fourth-order valence-corrected chi connectivity index (χ4v) is 4.35. The Morgan fingerprint density at radius 1 is 1.13 bits per heavy atom. The molecule has 1 atom stereocenters. The Balaban J connectivity index is 1.64. The van der Waals surface area contributed by atoms with Crippen LogP contribution in [0.3, 0.4) is 0 Å². The van der Waals surface area contributed by atoms with Gasteiger partial charge in [-0.2, -0.15) is 0 Å². The molecule has 0 bridgehead atoms.